The van der Waals surface area contributed by atoms with Gasteiger partial charge in [-0.3, -0.25) is 4.79 Å². The number of nitrogens with one attached hydrogen (secondary N) is 1. The van der Waals surface area contributed by atoms with Crippen molar-refractivity contribution < 1.29 is 4.79 Å². The lowest BCUT2D eigenvalue weighted by molar-refractivity contribution is 0.0932. The second kappa shape index (κ2) is 5.34. The number of rotatable bonds is 2. The van der Waals surface area contributed by atoms with Crippen LogP contribution in [-0.2, 0) is 6.42 Å². The molecule has 0 bridgehead atoms. The Hall–Kier alpha value is -2.13. The highest BCUT2D eigenvalue weighted by molar-refractivity contribution is 5.96. The first-order valence-electron chi connectivity index (χ1n) is 7.28. The summed E-state index contributed by atoms with van der Waals surface area (Å²) in [5, 5.41) is 3.11. The van der Waals surface area contributed by atoms with Crippen LogP contribution in [0.2, 0.25) is 0 Å². The van der Waals surface area contributed by atoms with Gasteiger partial charge in [0.2, 0.25) is 0 Å². The third kappa shape index (κ3) is 2.45. The largest absolute Gasteiger partial charge is 0.344 e. The van der Waals surface area contributed by atoms with Gasteiger partial charge in [-0.15, -0.1) is 0 Å². The fraction of sp³-hybridized carbons (Fsp3) is 0.278. The quantitative estimate of drug-likeness (QED) is 0.888. The Bertz CT molecular complexity index is 693. The van der Waals surface area contributed by atoms with Crippen LogP contribution >= 0.6 is 0 Å². The van der Waals surface area contributed by atoms with Crippen LogP contribution in [0.15, 0.2) is 42.5 Å². The topological polar surface area (TPSA) is 55.1 Å². The molecule has 1 aliphatic carbocycles. The van der Waals surface area contributed by atoms with E-state index in [2.05, 4.69) is 17.4 Å². The Morgan fingerprint density at radius 1 is 1.14 bits per heavy atom. The van der Waals surface area contributed by atoms with Crippen molar-refractivity contribution in [3.8, 4) is 0 Å². The van der Waals surface area contributed by atoms with E-state index in [1.165, 1.54) is 5.56 Å². The summed E-state index contributed by atoms with van der Waals surface area (Å²) in [6, 6.07) is 13.8. The number of carbonyl (C=O) groups excluding carboxylic acids is 1. The molecule has 2 aromatic rings. The summed E-state index contributed by atoms with van der Waals surface area (Å²) in [7, 11) is 0. The molecular formula is C18H20N2O. The van der Waals surface area contributed by atoms with Crippen LogP contribution in [-0.4, -0.2) is 11.9 Å². The molecule has 3 N–H and O–H groups in total. The van der Waals surface area contributed by atoms with Gasteiger partial charge in [-0.05, 0) is 48.6 Å². The van der Waals surface area contributed by atoms with Crippen LogP contribution in [0.5, 0.6) is 0 Å². The van der Waals surface area contributed by atoms with E-state index in [0.717, 1.165) is 28.7 Å². The molecule has 0 saturated carbocycles. The molecule has 0 spiro atoms. The average Bonchev–Trinajstić information content (AvgIpc) is 2.78. The first kappa shape index (κ1) is 13.8. The van der Waals surface area contributed by atoms with Crippen LogP contribution in [0.1, 0.15) is 38.7 Å². The normalized spacial score (nSPS) is 20.1. The third-order valence-electron chi connectivity index (χ3n) is 4.41. The predicted octanol–water partition coefficient (Wildman–Crippen LogP) is 2.66. The lowest BCUT2D eigenvalue weighted by atomic mass is 10.0. The Morgan fingerprint density at radius 2 is 1.90 bits per heavy atom. The minimum atomic E-state index is -0.103. The summed E-state index contributed by atoms with van der Waals surface area (Å²) >= 11 is 0. The monoisotopic (exact) mass is 280 g/mol. The molecule has 0 radical (unpaired) electrons. The van der Waals surface area contributed by atoms with E-state index in [1.807, 2.05) is 44.2 Å². The Balaban J connectivity index is 1.87. The third-order valence-corrected chi connectivity index (χ3v) is 4.41. The summed E-state index contributed by atoms with van der Waals surface area (Å²) in [5.41, 5.74) is 11.5. The maximum Gasteiger partial charge on any atom is 0.252 e. The number of aryl methyl sites for hydroxylation is 1. The molecule has 0 saturated heterocycles. The van der Waals surface area contributed by atoms with Gasteiger partial charge in [-0.1, -0.05) is 36.4 Å². The molecule has 2 unspecified atom stereocenters. The smallest absolute Gasteiger partial charge is 0.252 e. The van der Waals surface area contributed by atoms with Gasteiger partial charge in [-0.2, -0.15) is 0 Å². The molecule has 21 heavy (non-hydrogen) atoms. The van der Waals surface area contributed by atoms with Crippen molar-refractivity contribution in [2.75, 3.05) is 0 Å². The molecule has 2 atom stereocenters. The molecule has 2 aromatic carbocycles. The summed E-state index contributed by atoms with van der Waals surface area (Å²) in [6.07, 6.45) is 0.813. The summed E-state index contributed by atoms with van der Waals surface area (Å²) < 4.78 is 0. The maximum atomic E-state index is 12.6. The number of hydrogen-bond acceptors (Lipinski definition) is 2. The molecule has 0 fully saturated rings. The van der Waals surface area contributed by atoms with Crippen molar-refractivity contribution in [1.29, 1.82) is 0 Å². The van der Waals surface area contributed by atoms with Gasteiger partial charge >= 0.3 is 0 Å². The molecule has 1 aliphatic rings. The number of carbonyl (C=O) groups is 1. The second-order valence-corrected chi connectivity index (χ2v) is 5.77. The first-order valence-corrected chi connectivity index (χ1v) is 7.28. The van der Waals surface area contributed by atoms with Crippen molar-refractivity contribution in [1.82, 2.24) is 5.32 Å². The minimum Gasteiger partial charge on any atom is -0.344 e. The second-order valence-electron chi connectivity index (χ2n) is 5.77. The highest BCUT2D eigenvalue weighted by atomic mass is 16.1. The number of nitrogens with two attached hydrogens (primary N) is 1. The van der Waals surface area contributed by atoms with Crippen molar-refractivity contribution in [3.05, 3.63) is 70.3 Å². The molecular weight excluding hydrogens is 260 g/mol. The van der Waals surface area contributed by atoms with E-state index in [9.17, 15) is 4.79 Å². The number of hydrogen-bond donors (Lipinski definition) is 2. The van der Waals surface area contributed by atoms with Crippen molar-refractivity contribution in [2.45, 2.75) is 32.4 Å². The zero-order chi connectivity index (χ0) is 15.0. The van der Waals surface area contributed by atoms with Gasteiger partial charge < -0.3 is 11.1 Å². The van der Waals surface area contributed by atoms with E-state index in [1.54, 1.807) is 0 Å². The highest BCUT2D eigenvalue weighted by Crippen LogP contribution is 2.30. The van der Waals surface area contributed by atoms with Crippen LogP contribution in [0.25, 0.3) is 0 Å². The average molecular weight is 280 g/mol. The van der Waals surface area contributed by atoms with Gasteiger partial charge in [0.1, 0.15) is 0 Å². The Kier molecular flexibility index (Phi) is 3.52. The molecule has 0 aromatic heterocycles. The Morgan fingerprint density at radius 3 is 2.71 bits per heavy atom. The van der Waals surface area contributed by atoms with E-state index in [0.29, 0.717) is 0 Å². The van der Waals surface area contributed by atoms with Crippen molar-refractivity contribution >= 4 is 5.91 Å². The molecule has 0 aliphatic heterocycles. The van der Waals surface area contributed by atoms with E-state index in [4.69, 9.17) is 5.73 Å². The first-order chi connectivity index (χ1) is 10.1. The van der Waals surface area contributed by atoms with Gasteiger partial charge in [0.15, 0.2) is 0 Å². The zero-order valence-corrected chi connectivity index (χ0v) is 12.4. The van der Waals surface area contributed by atoms with Gasteiger partial charge in [0, 0.05) is 11.6 Å². The fourth-order valence-corrected chi connectivity index (χ4v) is 3.03. The lowest BCUT2D eigenvalue weighted by Gasteiger charge is -2.19. The predicted molar refractivity (Wildman–Crippen MR) is 84.2 cm³/mol. The van der Waals surface area contributed by atoms with E-state index >= 15 is 0 Å². The Labute approximate surface area is 125 Å². The lowest BCUT2D eigenvalue weighted by Crippen LogP contribution is -2.38. The standard InChI is InChI=1S/C18H20N2O/c1-11-6-5-9-14(12(11)2)18(21)20-17-15-8-4-3-7-13(15)10-16(17)19/h3-9,16-17H,10,19H2,1-2H3,(H,20,21). The summed E-state index contributed by atoms with van der Waals surface area (Å²) in [6.45, 7) is 4.00. The molecule has 3 heteroatoms. The molecule has 3 nitrogen and oxygen atoms in total. The van der Waals surface area contributed by atoms with Crippen LogP contribution in [0, 0.1) is 13.8 Å². The van der Waals surface area contributed by atoms with Crippen molar-refractivity contribution in [3.63, 3.8) is 0 Å². The zero-order valence-electron chi connectivity index (χ0n) is 12.4. The molecule has 3 rings (SSSR count). The molecule has 0 heterocycles. The van der Waals surface area contributed by atoms with Gasteiger partial charge in [-0.25, -0.2) is 0 Å². The van der Waals surface area contributed by atoms with E-state index in [-0.39, 0.29) is 18.0 Å². The van der Waals surface area contributed by atoms with Crippen LogP contribution in [0.4, 0.5) is 0 Å². The summed E-state index contributed by atoms with van der Waals surface area (Å²) in [5.74, 6) is -0.0478. The van der Waals surface area contributed by atoms with E-state index < -0.39 is 0 Å². The summed E-state index contributed by atoms with van der Waals surface area (Å²) in [4.78, 5) is 12.6. The van der Waals surface area contributed by atoms with Gasteiger partial charge in [0.05, 0.1) is 6.04 Å². The fourth-order valence-electron chi connectivity index (χ4n) is 3.03. The van der Waals surface area contributed by atoms with Crippen molar-refractivity contribution in [2.24, 2.45) is 5.73 Å². The van der Waals surface area contributed by atoms with Crippen LogP contribution in [0.3, 0.4) is 0 Å². The van der Waals surface area contributed by atoms with Gasteiger partial charge in [0.25, 0.3) is 5.91 Å². The number of fused-ring (bicyclic) bond motifs is 1. The number of benzene rings is 2. The molecule has 1 amide bonds. The molecule has 108 valence electrons. The van der Waals surface area contributed by atoms with Crippen LogP contribution < -0.4 is 11.1 Å². The SMILES string of the molecule is Cc1cccc(C(=O)NC2c3ccccc3CC2N)c1C. The number of amides is 1. The minimum absolute atomic E-state index is 0.0478. The maximum absolute atomic E-state index is 12.6. The highest BCUT2D eigenvalue weighted by Gasteiger charge is 2.31.